The van der Waals surface area contributed by atoms with E-state index in [2.05, 4.69) is 73.2 Å². The van der Waals surface area contributed by atoms with E-state index in [1.165, 1.54) is 11.4 Å². The number of nitriles is 1. The first-order valence-corrected chi connectivity index (χ1v) is 13.6. The van der Waals surface area contributed by atoms with Crippen LogP contribution in [0.5, 0.6) is 0 Å². The lowest BCUT2D eigenvalue weighted by Crippen LogP contribution is -2.58. The molecule has 3 aliphatic heterocycles. The van der Waals surface area contributed by atoms with Gasteiger partial charge in [0.25, 0.3) is 0 Å². The fraction of sp³-hybridized carbons (Fsp3) is 0.483. The number of benzene rings is 1. The van der Waals surface area contributed by atoms with E-state index in [0.717, 1.165) is 88.6 Å². The van der Waals surface area contributed by atoms with E-state index in [9.17, 15) is 5.26 Å². The number of pyridine rings is 2. The molecule has 3 saturated heterocycles. The Morgan fingerprint density at radius 3 is 2.73 bits per heavy atom. The van der Waals surface area contributed by atoms with Gasteiger partial charge in [-0.1, -0.05) is 6.07 Å². The first kappa shape index (κ1) is 24.1. The summed E-state index contributed by atoms with van der Waals surface area (Å²) in [7, 11) is 0. The van der Waals surface area contributed by atoms with E-state index in [1.807, 2.05) is 12.1 Å². The summed E-state index contributed by atoms with van der Waals surface area (Å²) < 4.78 is 0. The standard InChI is InChI=1S/C29H36N8/c1-22-19-36(27-8-7-23(18-30)29-26(27)5-3-10-32-29)21-25-9-13-34(16-17-37(22)25)20-24-4-2-6-28(33-24)35-14-11-31-12-15-35/h2-8,10,22,25,31H,9,11-17,19-21H2,1H3/t22-,25+/m1/s1. The number of rotatable bonds is 4. The van der Waals surface area contributed by atoms with Crippen LogP contribution in [0.2, 0.25) is 0 Å². The second-order valence-electron chi connectivity index (χ2n) is 10.6. The summed E-state index contributed by atoms with van der Waals surface area (Å²) in [6, 6.07) is 17.9. The van der Waals surface area contributed by atoms with E-state index < -0.39 is 0 Å². The molecule has 3 aliphatic rings. The van der Waals surface area contributed by atoms with Gasteiger partial charge in [0.1, 0.15) is 11.9 Å². The predicted molar refractivity (Wildman–Crippen MR) is 148 cm³/mol. The van der Waals surface area contributed by atoms with E-state index in [0.29, 0.717) is 17.6 Å². The molecule has 5 heterocycles. The molecule has 0 saturated carbocycles. The van der Waals surface area contributed by atoms with Crippen molar-refractivity contribution in [1.82, 2.24) is 25.1 Å². The maximum atomic E-state index is 9.55. The van der Waals surface area contributed by atoms with Gasteiger partial charge in [-0.2, -0.15) is 5.26 Å². The highest BCUT2D eigenvalue weighted by atomic mass is 15.3. The lowest BCUT2D eigenvalue weighted by molar-refractivity contribution is 0.127. The maximum absolute atomic E-state index is 9.55. The number of anilines is 2. The van der Waals surface area contributed by atoms with Crippen LogP contribution in [0, 0.1) is 11.3 Å². The van der Waals surface area contributed by atoms with Crippen molar-refractivity contribution < 1.29 is 0 Å². The van der Waals surface area contributed by atoms with Gasteiger partial charge >= 0.3 is 0 Å². The highest BCUT2D eigenvalue weighted by Gasteiger charge is 2.34. The van der Waals surface area contributed by atoms with Crippen LogP contribution in [-0.2, 0) is 6.54 Å². The molecule has 8 heteroatoms. The number of hydrogen-bond acceptors (Lipinski definition) is 8. The smallest absolute Gasteiger partial charge is 0.128 e. The molecule has 37 heavy (non-hydrogen) atoms. The largest absolute Gasteiger partial charge is 0.368 e. The zero-order valence-corrected chi connectivity index (χ0v) is 21.7. The fourth-order valence-electron chi connectivity index (χ4n) is 6.31. The van der Waals surface area contributed by atoms with Gasteiger partial charge in [-0.05, 0) is 49.7 Å². The van der Waals surface area contributed by atoms with Crippen LogP contribution < -0.4 is 15.1 Å². The zero-order valence-electron chi connectivity index (χ0n) is 21.7. The van der Waals surface area contributed by atoms with E-state index >= 15 is 0 Å². The minimum atomic E-state index is 0.468. The first-order chi connectivity index (χ1) is 18.2. The van der Waals surface area contributed by atoms with Gasteiger partial charge in [0.2, 0.25) is 0 Å². The molecule has 0 spiro atoms. The van der Waals surface area contributed by atoms with E-state index in [1.54, 1.807) is 6.20 Å². The third kappa shape index (κ3) is 4.99. The van der Waals surface area contributed by atoms with Crippen molar-refractivity contribution in [3.63, 3.8) is 0 Å². The third-order valence-corrected chi connectivity index (χ3v) is 8.23. The minimum absolute atomic E-state index is 0.468. The van der Waals surface area contributed by atoms with Gasteiger partial charge in [0, 0.05) is 94.8 Å². The number of nitrogens with one attached hydrogen (secondary N) is 1. The second kappa shape index (κ2) is 10.6. The van der Waals surface area contributed by atoms with Crippen LogP contribution in [0.25, 0.3) is 10.9 Å². The topological polar surface area (TPSA) is 74.6 Å². The van der Waals surface area contributed by atoms with Crippen LogP contribution in [0.4, 0.5) is 11.5 Å². The number of piperazine rings is 2. The summed E-state index contributed by atoms with van der Waals surface area (Å²) in [5, 5.41) is 14.1. The van der Waals surface area contributed by atoms with Crippen LogP contribution in [-0.4, -0.2) is 90.8 Å². The SMILES string of the molecule is C[C@@H]1CN(c2ccc(C#N)c3ncccc23)C[C@@H]2CCN(Cc3cccc(N4CCNCC4)n3)CCN21. The summed E-state index contributed by atoms with van der Waals surface area (Å²) in [6.07, 6.45) is 2.92. The summed E-state index contributed by atoms with van der Waals surface area (Å²) in [6.45, 7) is 12.6. The lowest BCUT2D eigenvalue weighted by atomic mass is 10.0. The monoisotopic (exact) mass is 496 g/mol. The van der Waals surface area contributed by atoms with Crippen molar-refractivity contribution in [2.45, 2.75) is 32.0 Å². The Kier molecular flexibility index (Phi) is 6.92. The predicted octanol–water partition coefficient (Wildman–Crippen LogP) is 2.70. The molecule has 0 aliphatic carbocycles. The Morgan fingerprint density at radius 1 is 0.973 bits per heavy atom. The van der Waals surface area contributed by atoms with Gasteiger partial charge < -0.3 is 15.1 Å². The van der Waals surface area contributed by atoms with Crippen LogP contribution >= 0.6 is 0 Å². The fourth-order valence-corrected chi connectivity index (χ4v) is 6.31. The first-order valence-electron chi connectivity index (χ1n) is 13.6. The van der Waals surface area contributed by atoms with Gasteiger partial charge in [-0.25, -0.2) is 4.98 Å². The van der Waals surface area contributed by atoms with Crippen LogP contribution in [0.3, 0.4) is 0 Å². The molecular weight excluding hydrogens is 460 g/mol. The van der Waals surface area contributed by atoms with Crippen molar-refractivity contribution in [2.75, 3.05) is 68.7 Å². The molecule has 192 valence electrons. The number of fused-ring (bicyclic) bond motifs is 2. The number of hydrogen-bond donors (Lipinski definition) is 1. The van der Waals surface area contributed by atoms with Crippen molar-refractivity contribution >= 4 is 22.4 Å². The molecule has 6 rings (SSSR count). The second-order valence-corrected chi connectivity index (χ2v) is 10.6. The minimum Gasteiger partial charge on any atom is -0.368 e. The lowest BCUT2D eigenvalue weighted by Gasteiger charge is -2.46. The number of aromatic nitrogens is 2. The Labute approximate surface area is 219 Å². The molecule has 2 aromatic heterocycles. The molecule has 3 aromatic rings. The summed E-state index contributed by atoms with van der Waals surface area (Å²) in [5.41, 5.74) is 3.82. The van der Waals surface area contributed by atoms with Crippen molar-refractivity contribution in [1.29, 1.82) is 5.26 Å². The van der Waals surface area contributed by atoms with Gasteiger partial charge in [-0.15, -0.1) is 0 Å². The average molecular weight is 497 g/mol. The van der Waals surface area contributed by atoms with Crippen molar-refractivity contribution in [3.8, 4) is 6.07 Å². The molecule has 0 amide bonds. The number of nitrogens with zero attached hydrogens (tertiary/aromatic N) is 7. The summed E-state index contributed by atoms with van der Waals surface area (Å²) in [4.78, 5) is 19.8. The van der Waals surface area contributed by atoms with Crippen molar-refractivity contribution in [3.05, 3.63) is 59.9 Å². The van der Waals surface area contributed by atoms with Crippen LogP contribution in [0.15, 0.2) is 48.7 Å². The Morgan fingerprint density at radius 2 is 1.86 bits per heavy atom. The Bertz CT molecular complexity index is 1280. The molecule has 0 bridgehead atoms. The molecule has 0 radical (unpaired) electrons. The average Bonchev–Trinajstić information content (AvgIpc) is 3.15. The Hall–Kier alpha value is -3.25. The Balaban J connectivity index is 1.15. The summed E-state index contributed by atoms with van der Waals surface area (Å²) >= 11 is 0. The van der Waals surface area contributed by atoms with Crippen LogP contribution in [0.1, 0.15) is 24.6 Å². The normalized spacial score (nSPS) is 23.5. The van der Waals surface area contributed by atoms with Gasteiger partial charge in [-0.3, -0.25) is 14.8 Å². The molecule has 1 aromatic carbocycles. The molecule has 2 atom stereocenters. The molecular formula is C29H36N8. The summed E-state index contributed by atoms with van der Waals surface area (Å²) in [5.74, 6) is 1.11. The molecule has 8 nitrogen and oxygen atoms in total. The maximum Gasteiger partial charge on any atom is 0.128 e. The molecule has 3 fully saturated rings. The van der Waals surface area contributed by atoms with Gasteiger partial charge in [0.15, 0.2) is 0 Å². The van der Waals surface area contributed by atoms with E-state index in [4.69, 9.17) is 4.98 Å². The van der Waals surface area contributed by atoms with Crippen molar-refractivity contribution in [2.24, 2.45) is 0 Å². The zero-order chi connectivity index (χ0) is 25.2. The highest BCUT2D eigenvalue weighted by molar-refractivity contribution is 5.95. The third-order valence-electron chi connectivity index (χ3n) is 8.23. The molecule has 1 N–H and O–H groups in total. The quantitative estimate of drug-likeness (QED) is 0.591. The highest BCUT2D eigenvalue weighted by Crippen LogP contribution is 2.32. The van der Waals surface area contributed by atoms with Gasteiger partial charge in [0.05, 0.1) is 16.8 Å². The molecule has 0 unspecified atom stereocenters. The van der Waals surface area contributed by atoms with E-state index in [-0.39, 0.29) is 0 Å².